The minimum Gasteiger partial charge on any atom is -0.165 e. The molecule has 0 saturated heterocycles. The second-order valence-corrected chi connectivity index (χ2v) is 6.06. The van der Waals surface area contributed by atoms with Crippen LogP contribution in [0.25, 0.3) is 0 Å². The third-order valence-electron chi connectivity index (χ3n) is 4.03. The third-order valence-corrected chi connectivity index (χ3v) is 4.37. The van der Waals surface area contributed by atoms with Crippen molar-refractivity contribution in [2.45, 2.75) is 26.4 Å². The Labute approximate surface area is 116 Å². The smallest absolute Gasteiger partial charge is 0.165 e. The average Bonchev–Trinajstić information content (AvgIpc) is 2.81. The first-order chi connectivity index (χ1) is 8.73. The van der Waals surface area contributed by atoms with E-state index in [0.29, 0.717) is 0 Å². The third kappa shape index (κ3) is 3.14. The van der Waals surface area contributed by atoms with Crippen LogP contribution in [0.1, 0.15) is 19.4 Å². The van der Waals surface area contributed by atoms with Gasteiger partial charge in [-0.25, -0.2) is 0 Å². The Morgan fingerprint density at radius 2 is 1.84 bits per heavy atom. The van der Waals surface area contributed by atoms with Crippen LogP contribution >= 0.6 is 11.6 Å². The summed E-state index contributed by atoms with van der Waals surface area (Å²) in [5.41, 5.74) is 1.03. The molecule has 0 N–H and O–H groups in total. The van der Waals surface area contributed by atoms with Crippen LogP contribution in [0.5, 0.6) is 0 Å². The molecule has 1 aromatic rings. The summed E-state index contributed by atoms with van der Waals surface area (Å²) < 4.78 is 37.3. The number of alkyl halides is 3. The van der Waals surface area contributed by atoms with E-state index >= 15 is 0 Å². The van der Waals surface area contributed by atoms with Gasteiger partial charge in [0.1, 0.15) is 5.03 Å². The van der Waals surface area contributed by atoms with E-state index in [1.807, 2.05) is 44.2 Å². The summed E-state index contributed by atoms with van der Waals surface area (Å²) in [4.78, 5) is 0. The van der Waals surface area contributed by atoms with E-state index in [4.69, 9.17) is 11.6 Å². The van der Waals surface area contributed by atoms with Gasteiger partial charge in [0.15, 0.2) is 0 Å². The van der Waals surface area contributed by atoms with E-state index in [2.05, 4.69) is 0 Å². The first-order valence-electron chi connectivity index (χ1n) is 6.21. The van der Waals surface area contributed by atoms with Crippen molar-refractivity contribution < 1.29 is 13.2 Å². The van der Waals surface area contributed by atoms with Gasteiger partial charge in [-0.15, -0.1) is 0 Å². The van der Waals surface area contributed by atoms with Crippen LogP contribution in [0, 0.1) is 17.3 Å². The molecule has 1 aliphatic carbocycles. The number of hydrogen-bond donors (Lipinski definition) is 0. The quantitative estimate of drug-likeness (QED) is 0.718. The second-order valence-electron chi connectivity index (χ2n) is 5.66. The van der Waals surface area contributed by atoms with Gasteiger partial charge in [0.05, 0.1) is 0 Å². The van der Waals surface area contributed by atoms with Crippen LogP contribution in [-0.4, -0.2) is 6.18 Å². The maximum absolute atomic E-state index is 12.4. The number of benzene rings is 1. The molecule has 0 bridgehead atoms. The molecule has 104 valence electrons. The molecule has 1 aliphatic rings. The first-order valence-corrected chi connectivity index (χ1v) is 6.59. The fraction of sp³-hybridized carbons (Fsp3) is 0.467. The summed E-state index contributed by atoms with van der Waals surface area (Å²) in [6.07, 6.45) is -2.47. The van der Waals surface area contributed by atoms with Gasteiger partial charge in [0.2, 0.25) is 0 Å². The van der Waals surface area contributed by atoms with Gasteiger partial charge in [-0.1, -0.05) is 61.9 Å². The summed E-state index contributed by atoms with van der Waals surface area (Å²) in [6, 6.07) is 9.82. The average molecular weight is 289 g/mol. The highest BCUT2D eigenvalue weighted by molar-refractivity contribution is 6.30. The SMILES string of the molecule is CC1(C)[C@H](C=C(Cl)C(F)(F)F)[C@@H]1Cc1ccccc1. The molecule has 0 nitrogen and oxygen atoms in total. The van der Waals surface area contributed by atoms with E-state index in [0.717, 1.165) is 12.0 Å². The Balaban J connectivity index is 2.09. The van der Waals surface area contributed by atoms with Crippen LogP contribution in [0.15, 0.2) is 41.4 Å². The standard InChI is InChI=1S/C15H16ClF3/c1-14(2)11(8-10-6-4-3-5-7-10)12(14)9-13(16)15(17,18)19/h3-7,9,11-12H,8H2,1-2H3/t11-,12+/m0/s1. The lowest BCUT2D eigenvalue weighted by atomic mass is 10.0. The highest BCUT2D eigenvalue weighted by atomic mass is 35.5. The molecule has 2 atom stereocenters. The normalized spacial score (nSPS) is 26.3. The maximum Gasteiger partial charge on any atom is 0.426 e. The molecule has 0 radical (unpaired) electrons. The molecule has 1 saturated carbocycles. The zero-order valence-corrected chi connectivity index (χ0v) is 11.6. The summed E-state index contributed by atoms with van der Waals surface area (Å²) in [5.74, 6) is 0.104. The lowest BCUT2D eigenvalue weighted by Crippen LogP contribution is -2.07. The van der Waals surface area contributed by atoms with E-state index in [1.165, 1.54) is 6.08 Å². The molecule has 0 aromatic heterocycles. The van der Waals surface area contributed by atoms with Crippen molar-refractivity contribution in [3.8, 4) is 0 Å². The van der Waals surface area contributed by atoms with Gasteiger partial charge < -0.3 is 0 Å². The molecule has 1 fully saturated rings. The summed E-state index contributed by atoms with van der Waals surface area (Å²) in [6.45, 7) is 3.98. The van der Waals surface area contributed by atoms with Crippen LogP contribution < -0.4 is 0 Å². The van der Waals surface area contributed by atoms with Crippen molar-refractivity contribution in [1.29, 1.82) is 0 Å². The molecule has 0 aliphatic heterocycles. The van der Waals surface area contributed by atoms with Gasteiger partial charge in [0.25, 0.3) is 0 Å². The summed E-state index contributed by atoms with van der Waals surface area (Å²) in [7, 11) is 0. The molecule has 0 spiro atoms. The Morgan fingerprint density at radius 3 is 2.37 bits per heavy atom. The first kappa shape index (κ1) is 14.4. The number of hydrogen-bond acceptors (Lipinski definition) is 0. The van der Waals surface area contributed by atoms with Crippen molar-refractivity contribution in [2.24, 2.45) is 17.3 Å². The van der Waals surface area contributed by atoms with Crippen LogP contribution in [0.3, 0.4) is 0 Å². The van der Waals surface area contributed by atoms with Gasteiger partial charge in [-0.3, -0.25) is 0 Å². The zero-order chi connectivity index (χ0) is 14.3. The molecule has 19 heavy (non-hydrogen) atoms. The predicted octanol–water partition coefficient (Wildman–Crippen LogP) is 5.19. The minimum atomic E-state index is -4.43. The van der Waals surface area contributed by atoms with Gasteiger partial charge in [-0.05, 0) is 29.2 Å². The van der Waals surface area contributed by atoms with Crippen LogP contribution in [0.2, 0.25) is 0 Å². The van der Waals surface area contributed by atoms with Crippen molar-refractivity contribution in [2.75, 3.05) is 0 Å². The van der Waals surface area contributed by atoms with E-state index in [1.54, 1.807) is 0 Å². The predicted molar refractivity (Wildman–Crippen MR) is 70.9 cm³/mol. The van der Waals surface area contributed by atoms with Gasteiger partial charge in [0, 0.05) is 0 Å². The van der Waals surface area contributed by atoms with E-state index < -0.39 is 11.2 Å². The molecule has 4 heteroatoms. The topological polar surface area (TPSA) is 0 Å². The van der Waals surface area contributed by atoms with Crippen molar-refractivity contribution in [3.05, 3.63) is 47.0 Å². The van der Waals surface area contributed by atoms with Gasteiger partial charge >= 0.3 is 6.18 Å². The highest BCUT2D eigenvalue weighted by Crippen LogP contribution is 2.61. The lowest BCUT2D eigenvalue weighted by molar-refractivity contribution is -0.0848. The Kier molecular flexibility index (Phi) is 3.69. The summed E-state index contributed by atoms with van der Waals surface area (Å²) >= 11 is 5.32. The number of rotatable bonds is 3. The number of allylic oxidation sites excluding steroid dienone is 2. The van der Waals surface area contributed by atoms with E-state index in [-0.39, 0.29) is 17.3 Å². The second kappa shape index (κ2) is 4.86. The minimum absolute atomic E-state index is 0.109. The monoisotopic (exact) mass is 288 g/mol. The number of halogens is 4. The molecular weight excluding hydrogens is 273 g/mol. The molecule has 0 unspecified atom stereocenters. The molecule has 0 amide bonds. The Morgan fingerprint density at radius 1 is 1.26 bits per heavy atom. The largest absolute Gasteiger partial charge is 0.426 e. The molecule has 1 aromatic carbocycles. The summed E-state index contributed by atoms with van der Waals surface area (Å²) in [5, 5.41) is -0.999. The van der Waals surface area contributed by atoms with E-state index in [9.17, 15) is 13.2 Å². The molecule has 0 heterocycles. The Bertz CT molecular complexity index is 474. The Hall–Kier alpha value is -0.960. The maximum atomic E-state index is 12.4. The van der Waals surface area contributed by atoms with Crippen LogP contribution in [0.4, 0.5) is 13.2 Å². The molecule has 2 rings (SSSR count). The fourth-order valence-electron chi connectivity index (χ4n) is 2.63. The van der Waals surface area contributed by atoms with Crippen LogP contribution in [-0.2, 0) is 6.42 Å². The van der Waals surface area contributed by atoms with Crippen molar-refractivity contribution in [3.63, 3.8) is 0 Å². The zero-order valence-electron chi connectivity index (χ0n) is 10.8. The fourth-order valence-corrected chi connectivity index (χ4v) is 2.76. The lowest BCUT2D eigenvalue weighted by Gasteiger charge is -2.04. The molecular formula is C15H16ClF3. The van der Waals surface area contributed by atoms with Crippen molar-refractivity contribution in [1.82, 2.24) is 0 Å². The van der Waals surface area contributed by atoms with Crippen molar-refractivity contribution >= 4 is 11.6 Å². The van der Waals surface area contributed by atoms with Gasteiger partial charge in [-0.2, -0.15) is 13.2 Å². The highest BCUT2D eigenvalue weighted by Gasteiger charge is 2.56.